The number of rotatable bonds is 2. The number of carbonyl (C=O) groups is 1. The Kier molecular flexibility index (Phi) is 4.87. The molecular weight excluding hydrogens is 336 g/mol. The van der Waals surface area contributed by atoms with Crippen LogP contribution >= 0.6 is 0 Å². The number of likely N-dealkylation sites (tertiary alicyclic amines) is 1. The van der Waals surface area contributed by atoms with E-state index in [1.54, 1.807) is 0 Å². The van der Waals surface area contributed by atoms with Crippen LogP contribution in [-0.2, 0) is 4.79 Å². The average Bonchev–Trinajstić information content (AvgIpc) is 3.17. The molecule has 0 aliphatic carbocycles. The van der Waals surface area contributed by atoms with Crippen LogP contribution in [0.15, 0.2) is 48.5 Å². The maximum Gasteiger partial charge on any atom is 0.222 e. The number of hydrogen-bond donors (Lipinski definition) is 2. The normalized spacial score (nSPS) is 22.9. The van der Waals surface area contributed by atoms with Crippen molar-refractivity contribution in [2.24, 2.45) is 5.92 Å². The van der Waals surface area contributed by atoms with Crippen molar-refractivity contribution >= 4 is 11.6 Å². The van der Waals surface area contributed by atoms with E-state index in [1.165, 1.54) is 0 Å². The molecule has 1 amide bonds. The van der Waals surface area contributed by atoms with Crippen LogP contribution in [0.5, 0.6) is 0 Å². The fourth-order valence-electron chi connectivity index (χ4n) is 4.29. The van der Waals surface area contributed by atoms with Gasteiger partial charge in [-0.15, -0.1) is 0 Å². The SMILES string of the molecule is CCC(=O)N1CC[C@@H]2[C@@H](CO)Nc3ccc(C#Cc4ccccc4)cc3[C@@H]21. The van der Waals surface area contributed by atoms with Crippen molar-refractivity contribution in [1.29, 1.82) is 0 Å². The van der Waals surface area contributed by atoms with E-state index < -0.39 is 0 Å². The highest BCUT2D eigenvalue weighted by molar-refractivity contribution is 5.77. The highest BCUT2D eigenvalue weighted by atomic mass is 16.3. The van der Waals surface area contributed by atoms with Gasteiger partial charge in [-0.25, -0.2) is 0 Å². The van der Waals surface area contributed by atoms with E-state index in [1.807, 2.05) is 54.3 Å². The summed E-state index contributed by atoms with van der Waals surface area (Å²) in [5, 5.41) is 13.3. The predicted octanol–water partition coefficient (Wildman–Crippen LogP) is 3.17. The summed E-state index contributed by atoms with van der Waals surface area (Å²) in [6.07, 6.45) is 1.41. The van der Waals surface area contributed by atoms with Crippen LogP contribution in [0.2, 0.25) is 0 Å². The predicted molar refractivity (Wildman–Crippen MR) is 106 cm³/mol. The van der Waals surface area contributed by atoms with Crippen molar-refractivity contribution in [3.63, 3.8) is 0 Å². The molecule has 2 aliphatic rings. The second kappa shape index (κ2) is 7.46. The minimum Gasteiger partial charge on any atom is -0.394 e. The van der Waals surface area contributed by atoms with Gasteiger partial charge >= 0.3 is 0 Å². The Labute approximate surface area is 160 Å². The molecule has 1 fully saturated rings. The minimum atomic E-state index is -0.0154. The Bertz CT molecular complexity index is 898. The molecule has 0 spiro atoms. The summed E-state index contributed by atoms with van der Waals surface area (Å²) < 4.78 is 0. The van der Waals surface area contributed by atoms with Gasteiger partial charge in [0, 0.05) is 35.7 Å². The second-order valence-corrected chi connectivity index (χ2v) is 7.19. The lowest BCUT2D eigenvalue weighted by molar-refractivity contribution is -0.132. The first-order valence-electron chi connectivity index (χ1n) is 9.59. The van der Waals surface area contributed by atoms with Gasteiger partial charge < -0.3 is 15.3 Å². The van der Waals surface area contributed by atoms with E-state index >= 15 is 0 Å². The van der Waals surface area contributed by atoms with Gasteiger partial charge in [0.1, 0.15) is 0 Å². The number of anilines is 1. The largest absolute Gasteiger partial charge is 0.394 e. The molecule has 2 heterocycles. The van der Waals surface area contributed by atoms with Crippen LogP contribution in [0, 0.1) is 17.8 Å². The van der Waals surface area contributed by atoms with Crippen molar-refractivity contribution in [1.82, 2.24) is 4.90 Å². The van der Waals surface area contributed by atoms with Gasteiger partial charge in [0.25, 0.3) is 0 Å². The molecule has 138 valence electrons. The van der Waals surface area contributed by atoms with Gasteiger partial charge in [0.05, 0.1) is 18.7 Å². The first-order valence-corrected chi connectivity index (χ1v) is 9.59. The van der Waals surface area contributed by atoms with Crippen LogP contribution in [0.1, 0.15) is 42.5 Å². The highest BCUT2D eigenvalue weighted by Gasteiger charge is 2.45. The van der Waals surface area contributed by atoms with Gasteiger partial charge in [-0.3, -0.25) is 4.79 Å². The van der Waals surface area contributed by atoms with E-state index in [0.717, 1.165) is 35.3 Å². The van der Waals surface area contributed by atoms with E-state index in [-0.39, 0.29) is 30.5 Å². The van der Waals surface area contributed by atoms with Crippen LogP contribution < -0.4 is 5.32 Å². The summed E-state index contributed by atoms with van der Waals surface area (Å²) in [6.45, 7) is 2.73. The molecule has 0 unspecified atom stereocenters. The Hall–Kier alpha value is -2.77. The van der Waals surface area contributed by atoms with Gasteiger partial charge in [0.2, 0.25) is 5.91 Å². The number of hydrogen-bond acceptors (Lipinski definition) is 3. The van der Waals surface area contributed by atoms with E-state index in [2.05, 4.69) is 23.2 Å². The maximum atomic E-state index is 12.5. The van der Waals surface area contributed by atoms with Crippen molar-refractivity contribution in [2.75, 3.05) is 18.5 Å². The summed E-state index contributed by atoms with van der Waals surface area (Å²) in [5.74, 6) is 6.85. The quantitative estimate of drug-likeness (QED) is 0.809. The number of nitrogens with zero attached hydrogens (tertiary/aromatic N) is 1. The lowest BCUT2D eigenvalue weighted by Crippen LogP contribution is -2.42. The fourth-order valence-corrected chi connectivity index (χ4v) is 4.29. The Morgan fingerprint density at radius 3 is 2.70 bits per heavy atom. The number of benzene rings is 2. The monoisotopic (exact) mass is 360 g/mol. The highest BCUT2D eigenvalue weighted by Crippen LogP contribution is 2.46. The molecule has 2 aliphatic heterocycles. The molecule has 4 heteroatoms. The van der Waals surface area contributed by atoms with Gasteiger partial charge in [-0.2, -0.15) is 0 Å². The standard InChI is InChI=1S/C23H24N2O2/c1-2-22(27)25-13-12-18-21(15-26)24-20-11-10-17(14-19(20)23(18)25)9-8-16-6-4-3-5-7-16/h3-7,10-11,14,18,21,23-24,26H,2,12-13,15H2,1H3/t18-,21-,23-/m1/s1. The molecule has 4 rings (SSSR count). The molecule has 4 nitrogen and oxygen atoms in total. The third-order valence-electron chi connectivity index (χ3n) is 5.62. The molecule has 0 saturated carbocycles. The lowest BCUT2D eigenvalue weighted by Gasteiger charge is -2.39. The van der Waals surface area contributed by atoms with E-state index in [9.17, 15) is 9.90 Å². The number of amides is 1. The van der Waals surface area contributed by atoms with E-state index in [0.29, 0.717) is 6.42 Å². The smallest absolute Gasteiger partial charge is 0.222 e. The number of aliphatic hydroxyl groups is 1. The molecule has 2 N–H and O–H groups in total. The molecule has 1 saturated heterocycles. The maximum absolute atomic E-state index is 12.5. The van der Waals surface area contributed by atoms with Crippen LogP contribution in [-0.4, -0.2) is 35.1 Å². The molecule has 2 aromatic rings. The van der Waals surface area contributed by atoms with Crippen LogP contribution in [0.3, 0.4) is 0 Å². The molecule has 0 radical (unpaired) electrons. The fraction of sp³-hybridized carbons (Fsp3) is 0.348. The third kappa shape index (κ3) is 3.31. The molecule has 27 heavy (non-hydrogen) atoms. The Balaban J connectivity index is 1.72. The Morgan fingerprint density at radius 2 is 1.96 bits per heavy atom. The number of nitrogens with one attached hydrogen (secondary N) is 1. The first-order chi connectivity index (χ1) is 13.2. The zero-order chi connectivity index (χ0) is 18.8. The van der Waals surface area contributed by atoms with E-state index in [4.69, 9.17) is 0 Å². The summed E-state index contributed by atoms with van der Waals surface area (Å²) >= 11 is 0. The molecule has 3 atom stereocenters. The number of aliphatic hydroxyl groups excluding tert-OH is 1. The summed E-state index contributed by atoms with van der Waals surface area (Å²) in [5.41, 5.74) is 4.03. The minimum absolute atomic E-state index is 0.0154. The second-order valence-electron chi connectivity index (χ2n) is 7.19. The molecule has 0 aromatic heterocycles. The third-order valence-corrected chi connectivity index (χ3v) is 5.62. The molecule has 2 aromatic carbocycles. The molecular formula is C23H24N2O2. The first kappa shape index (κ1) is 17.6. The van der Waals surface area contributed by atoms with Crippen LogP contribution in [0.4, 0.5) is 5.69 Å². The van der Waals surface area contributed by atoms with Crippen molar-refractivity contribution in [3.05, 3.63) is 65.2 Å². The topological polar surface area (TPSA) is 52.6 Å². The zero-order valence-electron chi connectivity index (χ0n) is 15.5. The van der Waals surface area contributed by atoms with Gasteiger partial charge in [-0.1, -0.05) is 37.0 Å². The van der Waals surface area contributed by atoms with Crippen molar-refractivity contribution in [3.8, 4) is 11.8 Å². The Morgan fingerprint density at radius 1 is 1.19 bits per heavy atom. The number of carbonyl (C=O) groups excluding carboxylic acids is 1. The molecule has 0 bridgehead atoms. The summed E-state index contributed by atoms with van der Waals surface area (Å²) in [6, 6.07) is 16.1. The zero-order valence-corrected chi connectivity index (χ0v) is 15.5. The average molecular weight is 360 g/mol. The summed E-state index contributed by atoms with van der Waals surface area (Å²) in [7, 11) is 0. The van der Waals surface area contributed by atoms with Gasteiger partial charge in [0.15, 0.2) is 0 Å². The van der Waals surface area contributed by atoms with Crippen LogP contribution in [0.25, 0.3) is 0 Å². The number of fused-ring (bicyclic) bond motifs is 3. The lowest BCUT2D eigenvalue weighted by atomic mass is 9.82. The van der Waals surface area contributed by atoms with Gasteiger partial charge in [-0.05, 0) is 42.3 Å². The summed E-state index contributed by atoms with van der Waals surface area (Å²) in [4.78, 5) is 14.5. The van der Waals surface area contributed by atoms with Crippen molar-refractivity contribution in [2.45, 2.75) is 31.8 Å². The van der Waals surface area contributed by atoms with Crippen molar-refractivity contribution < 1.29 is 9.90 Å².